The number of alkyl halides is 3. The Bertz CT molecular complexity index is 1400. The van der Waals surface area contributed by atoms with Gasteiger partial charge in [-0.05, 0) is 31.2 Å². The van der Waals surface area contributed by atoms with Crippen LogP contribution in [0.2, 0.25) is 0 Å². The summed E-state index contributed by atoms with van der Waals surface area (Å²) in [5.41, 5.74) is -4.36. The van der Waals surface area contributed by atoms with E-state index in [2.05, 4.69) is 0 Å². The summed E-state index contributed by atoms with van der Waals surface area (Å²) < 4.78 is 71.4. The van der Waals surface area contributed by atoms with Crippen molar-refractivity contribution < 1.29 is 35.7 Å². The predicted molar refractivity (Wildman–Crippen MR) is 101 cm³/mol. The molecule has 0 radical (unpaired) electrons. The van der Waals surface area contributed by atoms with Crippen molar-refractivity contribution in [1.29, 1.82) is 0 Å². The number of carbonyl (C=O) groups is 1. The quantitative estimate of drug-likeness (QED) is 0.267. The fourth-order valence-corrected chi connectivity index (χ4v) is 3.98. The largest absolute Gasteiger partial charge is 0.423 e. The summed E-state index contributed by atoms with van der Waals surface area (Å²) in [7, 11) is -4.59. The highest BCUT2D eigenvalue weighted by molar-refractivity contribution is 7.92. The number of ketones is 1. The van der Waals surface area contributed by atoms with Crippen molar-refractivity contribution in [2.45, 2.75) is 18.0 Å². The third-order valence-electron chi connectivity index (χ3n) is 4.15. The van der Waals surface area contributed by atoms with Gasteiger partial charge in [-0.2, -0.15) is 13.2 Å². The van der Waals surface area contributed by atoms with Crippen LogP contribution in [-0.4, -0.2) is 19.1 Å². The Labute approximate surface area is 171 Å². The Morgan fingerprint density at radius 3 is 2.39 bits per heavy atom. The van der Waals surface area contributed by atoms with E-state index in [1.54, 1.807) is 0 Å². The molecule has 31 heavy (non-hydrogen) atoms. The topological polar surface area (TPSA) is 137 Å². The molecule has 0 atom stereocenters. The number of fused-ring (bicyclic) bond motifs is 1. The van der Waals surface area contributed by atoms with E-state index in [1.807, 2.05) is 4.72 Å². The highest BCUT2D eigenvalue weighted by atomic mass is 32.2. The standard InChI is InChI=1S/C18H11F3N2O7S/c1-9(24)10-2-5-16(14(6-10)23(26)27)31(28,29)22-11-3-4-12-13(18(19,20)21)8-17(25)30-15(12)7-11/h2-8,22H,1H3. The molecule has 0 aliphatic rings. The number of Topliss-reactive ketones (excluding diaryl/α,β-unsaturated/α-hetero) is 1. The van der Waals surface area contributed by atoms with E-state index in [0.29, 0.717) is 0 Å². The van der Waals surface area contributed by atoms with Gasteiger partial charge in [-0.15, -0.1) is 0 Å². The second kappa shape index (κ2) is 7.50. The van der Waals surface area contributed by atoms with Crippen LogP contribution in [0.4, 0.5) is 24.5 Å². The zero-order chi connectivity index (χ0) is 23.1. The van der Waals surface area contributed by atoms with Gasteiger partial charge in [-0.3, -0.25) is 19.6 Å². The van der Waals surface area contributed by atoms with Crippen LogP contribution in [0.5, 0.6) is 0 Å². The first kappa shape index (κ1) is 22.0. The number of hydrogen-bond donors (Lipinski definition) is 1. The van der Waals surface area contributed by atoms with Gasteiger partial charge in [0.25, 0.3) is 15.7 Å². The van der Waals surface area contributed by atoms with Gasteiger partial charge in [0, 0.05) is 29.1 Å². The predicted octanol–water partition coefficient (Wildman–Crippen LogP) is 3.72. The van der Waals surface area contributed by atoms with E-state index in [0.717, 1.165) is 43.3 Å². The smallest absolute Gasteiger partial charge is 0.417 e. The number of hydrogen-bond acceptors (Lipinski definition) is 7. The van der Waals surface area contributed by atoms with Crippen LogP contribution in [0.25, 0.3) is 11.0 Å². The first-order valence-electron chi connectivity index (χ1n) is 8.27. The number of anilines is 1. The third kappa shape index (κ3) is 4.40. The van der Waals surface area contributed by atoms with Crippen molar-refractivity contribution in [3.8, 4) is 0 Å². The molecule has 3 aromatic rings. The van der Waals surface area contributed by atoms with Crippen LogP contribution in [0.3, 0.4) is 0 Å². The lowest BCUT2D eigenvalue weighted by Gasteiger charge is -2.12. The molecule has 3 rings (SSSR count). The molecule has 0 aliphatic heterocycles. The van der Waals surface area contributed by atoms with Crippen molar-refractivity contribution in [1.82, 2.24) is 0 Å². The van der Waals surface area contributed by atoms with Crippen LogP contribution in [0.15, 0.2) is 56.6 Å². The zero-order valence-electron chi connectivity index (χ0n) is 15.4. The molecule has 0 fully saturated rings. The summed E-state index contributed by atoms with van der Waals surface area (Å²) in [6.45, 7) is 1.14. The Balaban J connectivity index is 2.09. The first-order valence-corrected chi connectivity index (χ1v) is 9.75. The van der Waals surface area contributed by atoms with E-state index < -0.39 is 59.6 Å². The van der Waals surface area contributed by atoms with Crippen molar-refractivity contribution in [2.24, 2.45) is 0 Å². The number of benzene rings is 2. The molecule has 9 nitrogen and oxygen atoms in total. The van der Waals surface area contributed by atoms with Crippen molar-refractivity contribution in [3.05, 3.63) is 74.1 Å². The second-order valence-electron chi connectivity index (χ2n) is 6.29. The SMILES string of the molecule is CC(=O)c1ccc(S(=O)(=O)Nc2ccc3c(C(F)(F)F)cc(=O)oc3c2)c([N+](=O)[O-])c1. The Morgan fingerprint density at radius 1 is 1.13 bits per heavy atom. The highest BCUT2D eigenvalue weighted by Crippen LogP contribution is 2.35. The van der Waals surface area contributed by atoms with Crippen LogP contribution < -0.4 is 10.3 Å². The van der Waals surface area contributed by atoms with Crippen molar-refractivity contribution in [2.75, 3.05) is 4.72 Å². The molecule has 0 bridgehead atoms. The van der Waals surface area contributed by atoms with Gasteiger partial charge in [0.1, 0.15) is 5.58 Å². The van der Waals surface area contributed by atoms with E-state index in [-0.39, 0.29) is 17.3 Å². The van der Waals surface area contributed by atoms with E-state index in [1.165, 1.54) is 0 Å². The third-order valence-corrected chi connectivity index (χ3v) is 5.58. The monoisotopic (exact) mass is 456 g/mol. The number of nitro groups is 1. The number of nitrogens with one attached hydrogen (secondary N) is 1. The molecule has 13 heteroatoms. The minimum Gasteiger partial charge on any atom is -0.423 e. The van der Waals surface area contributed by atoms with Crippen LogP contribution in [-0.2, 0) is 16.2 Å². The van der Waals surface area contributed by atoms with Gasteiger partial charge in [0.05, 0.1) is 16.2 Å². The zero-order valence-corrected chi connectivity index (χ0v) is 16.2. The molecule has 0 aliphatic carbocycles. The number of rotatable bonds is 5. The summed E-state index contributed by atoms with van der Waals surface area (Å²) in [6.07, 6.45) is -4.85. The molecule has 0 saturated heterocycles. The number of carbonyl (C=O) groups excluding carboxylic acids is 1. The maximum Gasteiger partial charge on any atom is 0.417 e. The molecule has 1 N–H and O–H groups in total. The lowest BCUT2D eigenvalue weighted by atomic mass is 10.1. The molecule has 1 aromatic heterocycles. The lowest BCUT2D eigenvalue weighted by molar-refractivity contribution is -0.387. The minimum absolute atomic E-state index is 0.0854. The molecule has 0 amide bonds. The van der Waals surface area contributed by atoms with Gasteiger partial charge in [-0.1, -0.05) is 0 Å². The van der Waals surface area contributed by atoms with Gasteiger partial charge in [0.15, 0.2) is 10.7 Å². The molecular formula is C18H11F3N2O7S. The van der Waals surface area contributed by atoms with Crippen molar-refractivity contribution in [3.63, 3.8) is 0 Å². The summed E-state index contributed by atoms with van der Waals surface area (Å²) in [5.74, 6) is -0.523. The summed E-state index contributed by atoms with van der Waals surface area (Å²) in [6, 6.07) is 5.73. The van der Waals surface area contributed by atoms with E-state index in [4.69, 9.17) is 4.42 Å². The Morgan fingerprint density at radius 2 is 1.81 bits per heavy atom. The molecule has 0 saturated carbocycles. The first-order chi connectivity index (χ1) is 14.3. The minimum atomic E-state index is -4.85. The van der Waals surface area contributed by atoms with Gasteiger partial charge >= 0.3 is 11.8 Å². The molecular weight excluding hydrogens is 445 g/mol. The average molecular weight is 456 g/mol. The molecule has 0 unspecified atom stereocenters. The average Bonchev–Trinajstić information content (AvgIpc) is 2.65. The number of sulfonamides is 1. The molecule has 2 aromatic carbocycles. The fourth-order valence-electron chi connectivity index (χ4n) is 2.78. The maximum absolute atomic E-state index is 13.1. The van der Waals surface area contributed by atoms with Gasteiger partial charge in [-0.25, -0.2) is 13.2 Å². The number of halogens is 3. The fraction of sp³-hybridized carbons (Fsp3) is 0.111. The summed E-state index contributed by atoms with van der Waals surface area (Å²) in [5, 5.41) is 10.8. The summed E-state index contributed by atoms with van der Waals surface area (Å²) in [4.78, 5) is 32.4. The van der Waals surface area contributed by atoms with Gasteiger partial charge < -0.3 is 4.42 Å². The Kier molecular flexibility index (Phi) is 5.31. The maximum atomic E-state index is 13.1. The molecule has 0 spiro atoms. The Hall–Kier alpha value is -3.74. The van der Waals surface area contributed by atoms with E-state index in [9.17, 15) is 41.3 Å². The van der Waals surface area contributed by atoms with Crippen LogP contribution in [0.1, 0.15) is 22.8 Å². The van der Waals surface area contributed by atoms with E-state index >= 15 is 0 Å². The number of nitrogens with zero attached hydrogens (tertiary/aromatic N) is 1. The normalized spacial score (nSPS) is 12.0. The van der Waals surface area contributed by atoms with Crippen molar-refractivity contribution >= 4 is 38.2 Å². The van der Waals surface area contributed by atoms with Crippen LogP contribution >= 0.6 is 0 Å². The molecule has 1 heterocycles. The highest BCUT2D eigenvalue weighted by Gasteiger charge is 2.34. The lowest BCUT2D eigenvalue weighted by Crippen LogP contribution is -2.15. The second-order valence-corrected chi connectivity index (χ2v) is 7.94. The van der Waals surface area contributed by atoms with Crippen LogP contribution in [0, 0.1) is 10.1 Å². The van der Waals surface area contributed by atoms with Gasteiger partial charge in [0.2, 0.25) is 0 Å². The molecule has 162 valence electrons. The summed E-state index contributed by atoms with van der Waals surface area (Å²) >= 11 is 0. The number of nitro benzene ring substituents is 1.